The van der Waals surface area contributed by atoms with Gasteiger partial charge in [0, 0.05) is 11.8 Å². The van der Waals surface area contributed by atoms with Gasteiger partial charge in [-0.05, 0) is 36.8 Å². The van der Waals surface area contributed by atoms with Gasteiger partial charge >= 0.3 is 5.69 Å². The molecule has 1 unspecified atom stereocenters. The minimum Gasteiger partial charge on any atom is -0.376 e. The fourth-order valence-corrected chi connectivity index (χ4v) is 2.07. The highest BCUT2D eigenvalue weighted by molar-refractivity contribution is 5.81. The first-order valence-electron chi connectivity index (χ1n) is 7.09. The van der Waals surface area contributed by atoms with Crippen LogP contribution in [0.1, 0.15) is 18.5 Å². The van der Waals surface area contributed by atoms with Crippen LogP contribution in [-0.2, 0) is 4.79 Å². The smallest absolute Gasteiger partial charge is 0.306 e. The van der Waals surface area contributed by atoms with Gasteiger partial charge in [0.15, 0.2) is 0 Å². The summed E-state index contributed by atoms with van der Waals surface area (Å²) in [6.45, 7) is 1.60. The Balaban J connectivity index is 1.92. The van der Waals surface area contributed by atoms with Crippen molar-refractivity contribution in [3.63, 3.8) is 0 Å². The lowest BCUT2D eigenvalue weighted by atomic mass is 10.1. The van der Waals surface area contributed by atoms with E-state index in [2.05, 4.69) is 10.6 Å². The first-order valence-corrected chi connectivity index (χ1v) is 7.09. The molecule has 0 aliphatic carbocycles. The second kappa shape index (κ2) is 7.49. The number of amides is 1. The number of carbonyl (C=O) groups is 1. The number of anilines is 1. The Kier molecular flexibility index (Phi) is 5.41. The number of hydrogen-bond acceptors (Lipinski definition) is 4. The summed E-state index contributed by atoms with van der Waals surface area (Å²) in [5.74, 6) is -1.67. The lowest BCUT2D eigenvalue weighted by Crippen LogP contribution is -2.32. The molecule has 6 nitrogen and oxygen atoms in total. The van der Waals surface area contributed by atoms with E-state index in [1.165, 1.54) is 18.2 Å². The zero-order chi connectivity index (χ0) is 17.7. The molecule has 126 valence electrons. The molecule has 2 rings (SSSR count). The molecule has 2 aromatic rings. The quantitative estimate of drug-likeness (QED) is 0.627. The molecule has 0 aliphatic rings. The largest absolute Gasteiger partial charge is 0.376 e. The molecular formula is C16H15F2N3O3. The molecule has 1 amide bonds. The van der Waals surface area contributed by atoms with Gasteiger partial charge in [0.25, 0.3) is 0 Å². The van der Waals surface area contributed by atoms with Gasteiger partial charge in [-0.3, -0.25) is 14.9 Å². The normalized spacial score (nSPS) is 11.6. The Hall–Kier alpha value is -3.03. The molecule has 24 heavy (non-hydrogen) atoms. The number of rotatable bonds is 6. The molecule has 0 radical (unpaired) electrons. The van der Waals surface area contributed by atoms with Gasteiger partial charge in [-0.25, -0.2) is 4.39 Å². The summed E-state index contributed by atoms with van der Waals surface area (Å²) in [5.41, 5.74) is 0.329. The third-order valence-electron chi connectivity index (χ3n) is 3.34. The fraction of sp³-hybridized carbons (Fsp3) is 0.188. The molecule has 0 saturated carbocycles. The lowest BCUT2D eigenvalue weighted by molar-refractivity contribution is -0.387. The molecule has 0 spiro atoms. The molecule has 0 bridgehead atoms. The molecule has 8 heteroatoms. The van der Waals surface area contributed by atoms with Crippen molar-refractivity contribution in [3.05, 3.63) is 69.8 Å². The molecular weight excluding hydrogens is 320 g/mol. The van der Waals surface area contributed by atoms with Crippen LogP contribution in [0.25, 0.3) is 0 Å². The van der Waals surface area contributed by atoms with Crippen LogP contribution in [0, 0.1) is 21.7 Å². The van der Waals surface area contributed by atoms with E-state index in [0.29, 0.717) is 0 Å². The maximum absolute atomic E-state index is 13.2. The van der Waals surface area contributed by atoms with E-state index < -0.39 is 16.4 Å². The zero-order valence-electron chi connectivity index (χ0n) is 12.8. The van der Waals surface area contributed by atoms with Crippen LogP contribution < -0.4 is 10.6 Å². The Morgan fingerprint density at radius 3 is 2.50 bits per heavy atom. The Bertz CT molecular complexity index is 751. The van der Waals surface area contributed by atoms with Gasteiger partial charge in [-0.1, -0.05) is 12.1 Å². The Labute approximate surface area is 136 Å². The number of benzene rings is 2. The highest BCUT2D eigenvalue weighted by Crippen LogP contribution is 2.21. The molecule has 0 aromatic heterocycles. The number of nitro groups is 1. The van der Waals surface area contributed by atoms with Crippen molar-refractivity contribution in [3.8, 4) is 0 Å². The molecule has 0 heterocycles. The van der Waals surface area contributed by atoms with E-state index in [1.54, 1.807) is 19.1 Å². The van der Waals surface area contributed by atoms with E-state index >= 15 is 0 Å². The summed E-state index contributed by atoms with van der Waals surface area (Å²) >= 11 is 0. The van der Waals surface area contributed by atoms with Crippen molar-refractivity contribution >= 4 is 17.3 Å². The van der Waals surface area contributed by atoms with Crippen LogP contribution in [0.4, 0.5) is 20.2 Å². The van der Waals surface area contributed by atoms with Crippen molar-refractivity contribution in [2.45, 2.75) is 13.0 Å². The molecule has 2 N–H and O–H groups in total. The van der Waals surface area contributed by atoms with Gasteiger partial charge in [0.2, 0.25) is 11.7 Å². The van der Waals surface area contributed by atoms with Crippen molar-refractivity contribution in [2.75, 3.05) is 11.9 Å². The maximum atomic E-state index is 13.2. The first-order chi connectivity index (χ1) is 11.4. The van der Waals surface area contributed by atoms with Crippen molar-refractivity contribution in [1.29, 1.82) is 0 Å². The molecule has 1 atom stereocenters. The zero-order valence-corrected chi connectivity index (χ0v) is 12.8. The van der Waals surface area contributed by atoms with E-state index in [4.69, 9.17) is 0 Å². The Morgan fingerprint density at radius 1 is 1.21 bits per heavy atom. The number of hydrogen-bond donors (Lipinski definition) is 2. The van der Waals surface area contributed by atoms with Gasteiger partial charge in [0.1, 0.15) is 5.82 Å². The summed E-state index contributed by atoms with van der Waals surface area (Å²) in [6, 6.07) is 8.68. The third kappa shape index (κ3) is 4.48. The number of carbonyl (C=O) groups excluding carboxylic acids is 1. The highest BCUT2D eigenvalue weighted by Gasteiger charge is 2.15. The summed E-state index contributed by atoms with van der Waals surface area (Å²) in [4.78, 5) is 21.7. The average molecular weight is 335 g/mol. The minimum absolute atomic E-state index is 0.145. The SMILES string of the molecule is CC(NC(=O)CNc1ccc(F)c([N+](=O)[O-])c1)c1ccc(F)cc1. The number of halogens is 2. The molecule has 2 aromatic carbocycles. The van der Waals surface area contributed by atoms with E-state index in [9.17, 15) is 23.7 Å². The fourth-order valence-electron chi connectivity index (χ4n) is 2.07. The minimum atomic E-state index is -0.945. The monoisotopic (exact) mass is 335 g/mol. The average Bonchev–Trinajstić information content (AvgIpc) is 2.54. The van der Waals surface area contributed by atoms with Crippen LogP contribution in [0.15, 0.2) is 42.5 Å². The van der Waals surface area contributed by atoms with Crippen molar-refractivity contribution < 1.29 is 18.5 Å². The lowest BCUT2D eigenvalue weighted by Gasteiger charge is -2.15. The number of nitro benzene ring substituents is 1. The van der Waals surface area contributed by atoms with E-state index in [1.807, 2.05) is 0 Å². The van der Waals surface area contributed by atoms with Gasteiger partial charge in [-0.15, -0.1) is 0 Å². The van der Waals surface area contributed by atoms with Crippen LogP contribution in [0.2, 0.25) is 0 Å². The molecule has 0 saturated heterocycles. The first kappa shape index (κ1) is 17.3. The van der Waals surface area contributed by atoms with E-state index in [0.717, 1.165) is 17.7 Å². The summed E-state index contributed by atoms with van der Waals surface area (Å²) in [6.07, 6.45) is 0. The molecule has 0 aliphatic heterocycles. The van der Waals surface area contributed by atoms with Gasteiger partial charge in [-0.2, -0.15) is 4.39 Å². The van der Waals surface area contributed by atoms with Crippen LogP contribution >= 0.6 is 0 Å². The summed E-state index contributed by atoms with van der Waals surface area (Å²) in [7, 11) is 0. The van der Waals surface area contributed by atoms with Crippen LogP contribution in [0.5, 0.6) is 0 Å². The second-order valence-electron chi connectivity index (χ2n) is 5.12. The van der Waals surface area contributed by atoms with Gasteiger partial charge < -0.3 is 10.6 Å². The topological polar surface area (TPSA) is 84.3 Å². The number of nitrogens with one attached hydrogen (secondary N) is 2. The standard InChI is InChI=1S/C16H15F2N3O3/c1-10(11-2-4-12(17)5-3-11)20-16(22)9-19-13-6-7-14(18)15(8-13)21(23)24/h2-8,10,19H,9H2,1H3,(H,20,22). The maximum Gasteiger partial charge on any atom is 0.306 e. The summed E-state index contributed by atoms with van der Waals surface area (Å²) < 4.78 is 26.1. The molecule has 0 fully saturated rings. The third-order valence-corrected chi connectivity index (χ3v) is 3.34. The van der Waals surface area contributed by atoms with Crippen molar-refractivity contribution in [1.82, 2.24) is 5.32 Å². The highest BCUT2D eigenvalue weighted by atomic mass is 19.1. The van der Waals surface area contributed by atoms with Crippen LogP contribution in [0.3, 0.4) is 0 Å². The second-order valence-corrected chi connectivity index (χ2v) is 5.12. The van der Waals surface area contributed by atoms with E-state index in [-0.39, 0.29) is 30.0 Å². The van der Waals surface area contributed by atoms with Crippen LogP contribution in [-0.4, -0.2) is 17.4 Å². The predicted octanol–water partition coefficient (Wildman–Crippen LogP) is 3.16. The predicted molar refractivity (Wildman–Crippen MR) is 84.5 cm³/mol. The van der Waals surface area contributed by atoms with Gasteiger partial charge in [0.05, 0.1) is 17.5 Å². The Morgan fingerprint density at radius 2 is 1.88 bits per heavy atom. The van der Waals surface area contributed by atoms with Crippen molar-refractivity contribution in [2.24, 2.45) is 0 Å². The number of nitrogens with zero attached hydrogens (tertiary/aromatic N) is 1. The summed E-state index contributed by atoms with van der Waals surface area (Å²) in [5, 5.41) is 16.1.